The predicted octanol–water partition coefficient (Wildman–Crippen LogP) is 0.829. The molecule has 104 valence electrons. The van der Waals surface area contributed by atoms with Crippen LogP contribution in [0.3, 0.4) is 0 Å². The van der Waals surface area contributed by atoms with E-state index in [2.05, 4.69) is 0 Å². The quantitative estimate of drug-likeness (QED) is 0.685. The standard InChI is InChI=1S/C12H20O6/c1-6-8-9(18-12(3,4)17-8)10(16-7(2)13)11(14-5)15-6/h6,8-11H,1-5H3/t6-,8+,9+,10-,11+/m1/s1. The largest absolute Gasteiger partial charge is 0.454 e. The Hall–Kier alpha value is -0.690. The molecule has 5 atom stereocenters. The zero-order valence-electron chi connectivity index (χ0n) is 11.3. The van der Waals surface area contributed by atoms with E-state index < -0.39 is 24.2 Å². The summed E-state index contributed by atoms with van der Waals surface area (Å²) in [4.78, 5) is 11.2. The van der Waals surface area contributed by atoms with Crippen molar-refractivity contribution in [2.45, 2.75) is 64.2 Å². The second kappa shape index (κ2) is 4.77. The fraction of sp³-hybridized carbons (Fsp3) is 0.917. The van der Waals surface area contributed by atoms with Crippen molar-refractivity contribution in [3.8, 4) is 0 Å². The van der Waals surface area contributed by atoms with Gasteiger partial charge >= 0.3 is 5.97 Å². The van der Waals surface area contributed by atoms with Crippen molar-refractivity contribution in [3.63, 3.8) is 0 Å². The van der Waals surface area contributed by atoms with E-state index in [1.165, 1.54) is 14.0 Å². The van der Waals surface area contributed by atoms with Crippen LogP contribution in [0.4, 0.5) is 0 Å². The van der Waals surface area contributed by atoms with Crippen molar-refractivity contribution >= 4 is 5.97 Å². The number of esters is 1. The number of hydrogen-bond donors (Lipinski definition) is 0. The van der Waals surface area contributed by atoms with Crippen molar-refractivity contribution in [3.05, 3.63) is 0 Å². The number of rotatable bonds is 2. The molecule has 0 aromatic rings. The lowest BCUT2D eigenvalue weighted by atomic mass is 10.00. The van der Waals surface area contributed by atoms with Crippen LogP contribution < -0.4 is 0 Å². The minimum Gasteiger partial charge on any atom is -0.454 e. The molecular formula is C12H20O6. The van der Waals surface area contributed by atoms with Gasteiger partial charge in [-0.3, -0.25) is 4.79 Å². The molecule has 0 unspecified atom stereocenters. The molecule has 0 saturated carbocycles. The molecule has 0 N–H and O–H groups in total. The van der Waals surface area contributed by atoms with Crippen LogP contribution in [0.25, 0.3) is 0 Å². The first-order chi connectivity index (χ1) is 8.34. The zero-order valence-corrected chi connectivity index (χ0v) is 11.3. The first-order valence-electron chi connectivity index (χ1n) is 6.05. The van der Waals surface area contributed by atoms with Crippen LogP contribution in [0.1, 0.15) is 27.7 Å². The van der Waals surface area contributed by atoms with Crippen molar-refractivity contribution in [2.75, 3.05) is 7.11 Å². The topological polar surface area (TPSA) is 63.2 Å². The van der Waals surface area contributed by atoms with Crippen LogP contribution in [-0.4, -0.2) is 49.6 Å². The summed E-state index contributed by atoms with van der Waals surface area (Å²) in [6.45, 7) is 6.88. The molecule has 18 heavy (non-hydrogen) atoms. The lowest BCUT2D eigenvalue weighted by molar-refractivity contribution is -0.270. The Labute approximate surface area is 106 Å². The van der Waals surface area contributed by atoms with E-state index in [1.807, 2.05) is 20.8 Å². The Balaban J connectivity index is 2.21. The Kier molecular flexibility index (Phi) is 3.64. The van der Waals surface area contributed by atoms with Gasteiger partial charge in [0.05, 0.1) is 6.10 Å². The molecule has 0 aromatic heterocycles. The number of carbonyl (C=O) groups excluding carboxylic acids is 1. The molecule has 0 spiro atoms. The molecule has 2 aliphatic heterocycles. The smallest absolute Gasteiger partial charge is 0.303 e. The van der Waals surface area contributed by atoms with E-state index in [0.717, 1.165) is 0 Å². The fourth-order valence-corrected chi connectivity index (χ4v) is 2.46. The molecule has 6 heteroatoms. The van der Waals surface area contributed by atoms with Gasteiger partial charge in [-0.2, -0.15) is 0 Å². The Morgan fingerprint density at radius 3 is 2.39 bits per heavy atom. The number of hydrogen-bond acceptors (Lipinski definition) is 6. The normalized spacial score (nSPS) is 42.4. The molecule has 2 rings (SSSR count). The summed E-state index contributed by atoms with van der Waals surface area (Å²) in [5.74, 6) is -1.11. The third-order valence-electron chi connectivity index (χ3n) is 3.10. The van der Waals surface area contributed by atoms with Crippen LogP contribution in [0.2, 0.25) is 0 Å². The van der Waals surface area contributed by atoms with Crippen LogP contribution in [-0.2, 0) is 28.5 Å². The van der Waals surface area contributed by atoms with E-state index in [0.29, 0.717) is 0 Å². The minimum atomic E-state index is -0.714. The molecule has 2 aliphatic rings. The van der Waals surface area contributed by atoms with E-state index in [-0.39, 0.29) is 18.3 Å². The SMILES string of the molecule is CO[C@H]1O[C@H](C)[C@@H]2OC(C)(C)O[C@@H]2[C@H]1OC(C)=O. The highest BCUT2D eigenvalue weighted by Crippen LogP contribution is 2.38. The molecule has 0 amide bonds. The van der Waals surface area contributed by atoms with Crippen LogP contribution >= 0.6 is 0 Å². The molecule has 0 aromatic carbocycles. The van der Waals surface area contributed by atoms with Crippen molar-refractivity contribution in [2.24, 2.45) is 0 Å². The highest BCUT2D eigenvalue weighted by molar-refractivity contribution is 5.66. The zero-order chi connectivity index (χ0) is 13.5. The average molecular weight is 260 g/mol. The van der Waals surface area contributed by atoms with Crippen LogP contribution in [0.15, 0.2) is 0 Å². The van der Waals surface area contributed by atoms with E-state index >= 15 is 0 Å². The van der Waals surface area contributed by atoms with Gasteiger partial charge in [0.25, 0.3) is 0 Å². The highest BCUT2D eigenvalue weighted by atomic mass is 16.8. The van der Waals surface area contributed by atoms with Crippen LogP contribution in [0, 0.1) is 0 Å². The molecule has 2 heterocycles. The Bertz CT molecular complexity index is 329. The molecule has 0 aliphatic carbocycles. The average Bonchev–Trinajstić information content (AvgIpc) is 2.58. The summed E-state index contributed by atoms with van der Waals surface area (Å²) in [5.41, 5.74) is 0. The summed E-state index contributed by atoms with van der Waals surface area (Å²) >= 11 is 0. The third-order valence-corrected chi connectivity index (χ3v) is 3.10. The van der Waals surface area contributed by atoms with Gasteiger partial charge < -0.3 is 23.7 Å². The van der Waals surface area contributed by atoms with Gasteiger partial charge in [-0.25, -0.2) is 0 Å². The number of ether oxygens (including phenoxy) is 5. The first-order valence-corrected chi connectivity index (χ1v) is 6.05. The van der Waals surface area contributed by atoms with Crippen molar-refractivity contribution in [1.82, 2.24) is 0 Å². The van der Waals surface area contributed by atoms with Crippen LogP contribution in [0.5, 0.6) is 0 Å². The molecule has 2 fully saturated rings. The van der Waals surface area contributed by atoms with Gasteiger partial charge in [0.2, 0.25) is 0 Å². The second-order valence-corrected chi connectivity index (χ2v) is 5.08. The van der Waals surface area contributed by atoms with Gasteiger partial charge in [0.15, 0.2) is 18.2 Å². The monoisotopic (exact) mass is 260 g/mol. The van der Waals surface area contributed by atoms with Gasteiger partial charge in [0.1, 0.15) is 12.2 Å². The van der Waals surface area contributed by atoms with E-state index in [4.69, 9.17) is 23.7 Å². The molecule has 0 radical (unpaired) electrons. The van der Waals surface area contributed by atoms with Gasteiger partial charge in [-0.05, 0) is 20.8 Å². The number of fused-ring (bicyclic) bond motifs is 1. The molecule has 6 nitrogen and oxygen atoms in total. The summed E-state index contributed by atoms with van der Waals surface area (Å²) in [6, 6.07) is 0. The summed E-state index contributed by atoms with van der Waals surface area (Å²) < 4.78 is 27.7. The Morgan fingerprint density at radius 2 is 1.83 bits per heavy atom. The first kappa shape index (κ1) is 13.7. The second-order valence-electron chi connectivity index (χ2n) is 5.08. The number of methoxy groups -OCH3 is 1. The maximum absolute atomic E-state index is 11.2. The lowest BCUT2D eigenvalue weighted by Crippen LogP contribution is -2.57. The molecular weight excluding hydrogens is 240 g/mol. The molecule has 2 saturated heterocycles. The van der Waals surface area contributed by atoms with Crippen molar-refractivity contribution in [1.29, 1.82) is 0 Å². The highest BCUT2D eigenvalue weighted by Gasteiger charge is 2.55. The minimum absolute atomic E-state index is 0.187. The fourth-order valence-electron chi connectivity index (χ4n) is 2.46. The lowest BCUT2D eigenvalue weighted by Gasteiger charge is -2.39. The van der Waals surface area contributed by atoms with E-state index in [9.17, 15) is 4.79 Å². The maximum Gasteiger partial charge on any atom is 0.303 e. The summed E-state index contributed by atoms with van der Waals surface area (Å²) in [6.07, 6.45) is -2.08. The van der Waals surface area contributed by atoms with Gasteiger partial charge in [-0.15, -0.1) is 0 Å². The summed E-state index contributed by atoms with van der Waals surface area (Å²) in [7, 11) is 1.51. The summed E-state index contributed by atoms with van der Waals surface area (Å²) in [5, 5.41) is 0. The van der Waals surface area contributed by atoms with E-state index in [1.54, 1.807) is 0 Å². The predicted molar refractivity (Wildman–Crippen MR) is 60.7 cm³/mol. The number of carbonyl (C=O) groups is 1. The maximum atomic E-state index is 11.2. The van der Waals surface area contributed by atoms with Gasteiger partial charge in [0, 0.05) is 14.0 Å². The third kappa shape index (κ3) is 2.51. The Morgan fingerprint density at radius 1 is 1.22 bits per heavy atom. The molecule has 0 bridgehead atoms. The van der Waals surface area contributed by atoms with Crippen molar-refractivity contribution < 1.29 is 28.5 Å². The van der Waals surface area contributed by atoms with Gasteiger partial charge in [-0.1, -0.05) is 0 Å².